The standard InChI is InChI=1S/C17H26N2O.ClH/c1-14(18)16(20)19-13-17(11-7-2-3-8-12-17)15-9-5-4-6-10-15;/h4-6,9-10,14H,2-3,7-8,11-13,18H2,1H3,(H,19,20);1H/t14-;/m0./s1. The molecule has 4 heteroatoms. The van der Waals surface area contributed by atoms with Gasteiger partial charge in [-0.1, -0.05) is 56.0 Å². The summed E-state index contributed by atoms with van der Waals surface area (Å²) in [5, 5.41) is 3.05. The van der Waals surface area contributed by atoms with E-state index in [1.54, 1.807) is 6.92 Å². The molecule has 0 spiro atoms. The SMILES string of the molecule is C[C@H](N)C(=O)NCC1(c2ccccc2)CCCCCC1.Cl. The van der Waals surface area contributed by atoms with Gasteiger partial charge in [0, 0.05) is 12.0 Å². The Hall–Kier alpha value is -1.06. The number of rotatable bonds is 4. The summed E-state index contributed by atoms with van der Waals surface area (Å²) >= 11 is 0. The summed E-state index contributed by atoms with van der Waals surface area (Å²) in [6, 6.07) is 10.2. The Morgan fingerprint density at radius 2 is 1.76 bits per heavy atom. The Morgan fingerprint density at radius 3 is 2.29 bits per heavy atom. The minimum atomic E-state index is -0.436. The molecule has 0 bridgehead atoms. The van der Waals surface area contributed by atoms with Crippen molar-refractivity contribution < 1.29 is 4.79 Å². The molecule has 1 amide bonds. The van der Waals surface area contributed by atoms with Gasteiger partial charge < -0.3 is 11.1 Å². The molecule has 1 atom stereocenters. The Balaban J connectivity index is 0.00000220. The van der Waals surface area contributed by atoms with Crippen LogP contribution in [0.25, 0.3) is 0 Å². The Bertz CT molecular complexity index is 426. The van der Waals surface area contributed by atoms with E-state index in [2.05, 4.69) is 35.6 Å². The highest BCUT2D eigenvalue weighted by atomic mass is 35.5. The van der Waals surface area contributed by atoms with Crippen molar-refractivity contribution in [2.75, 3.05) is 6.54 Å². The lowest BCUT2D eigenvalue weighted by molar-refractivity contribution is -0.122. The van der Waals surface area contributed by atoms with Crippen LogP contribution >= 0.6 is 12.4 Å². The van der Waals surface area contributed by atoms with E-state index >= 15 is 0 Å². The normalized spacial score (nSPS) is 19.0. The second kappa shape index (κ2) is 8.40. The van der Waals surface area contributed by atoms with Gasteiger partial charge in [0.1, 0.15) is 0 Å². The molecule has 1 aliphatic carbocycles. The number of hydrogen-bond donors (Lipinski definition) is 2. The van der Waals surface area contributed by atoms with Crippen LogP contribution in [0.1, 0.15) is 51.0 Å². The van der Waals surface area contributed by atoms with Gasteiger partial charge in [-0.2, -0.15) is 0 Å². The summed E-state index contributed by atoms with van der Waals surface area (Å²) in [6.07, 6.45) is 7.38. The Labute approximate surface area is 134 Å². The maximum absolute atomic E-state index is 11.8. The van der Waals surface area contributed by atoms with E-state index in [1.807, 2.05) is 0 Å². The van der Waals surface area contributed by atoms with Crippen LogP contribution in [-0.4, -0.2) is 18.5 Å². The first kappa shape index (κ1) is 18.0. The number of amides is 1. The summed E-state index contributed by atoms with van der Waals surface area (Å²) in [5.41, 5.74) is 7.09. The van der Waals surface area contributed by atoms with E-state index < -0.39 is 6.04 Å². The fraction of sp³-hybridized carbons (Fsp3) is 0.588. The second-order valence-corrected chi connectivity index (χ2v) is 6.07. The van der Waals surface area contributed by atoms with Crippen LogP contribution in [0.4, 0.5) is 0 Å². The summed E-state index contributed by atoms with van der Waals surface area (Å²) in [4.78, 5) is 11.8. The highest BCUT2D eigenvalue weighted by molar-refractivity contribution is 5.85. The third-order valence-electron chi connectivity index (χ3n) is 4.46. The van der Waals surface area contributed by atoms with Crippen molar-refractivity contribution in [1.82, 2.24) is 5.32 Å². The number of carbonyl (C=O) groups is 1. The molecule has 0 aromatic heterocycles. The van der Waals surface area contributed by atoms with E-state index in [-0.39, 0.29) is 23.7 Å². The molecule has 1 fully saturated rings. The molecule has 0 aliphatic heterocycles. The quantitative estimate of drug-likeness (QED) is 0.839. The van der Waals surface area contributed by atoms with Crippen LogP contribution in [0, 0.1) is 0 Å². The van der Waals surface area contributed by atoms with Crippen LogP contribution in [0.2, 0.25) is 0 Å². The Kier molecular flexibility index (Phi) is 7.20. The number of hydrogen-bond acceptors (Lipinski definition) is 2. The average Bonchev–Trinajstić information content (AvgIpc) is 2.72. The molecular formula is C17H27ClN2O. The largest absolute Gasteiger partial charge is 0.354 e. The molecule has 1 aliphatic rings. The van der Waals surface area contributed by atoms with Crippen molar-refractivity contribution in [2.45, 2.75) is 56.9 Å². The number of benzene rings is 1. The average molecular weight is 311 g/mol. The summed E-state index contributed by atoms with van der Waals surface area (Å²) in [5.74, 6) is -0.0513. The molecule has 3 nitrogen and oxygen atoms in total. The maximum atomic E-state index is 11.8. The van der Waals surface area contributed by atoms with E-state index in [0.717, 1.165) is 12.8 Å². The molecule has 1 aromatic rings. The minimum Gasteiger partial charge on any atom is -0.354 e. The van der Waals surface area contributed by atoms with Crippen molar-refractivity contribution >= 4 is 18.3 Å². The third-order valence-corrected chi connectivity index (χ3v) is 4.46. The zero-order valence-corrected chi connectivity index (χ0v) is 13.6. The van der Waals surface area contributed by atoms with Crippen molar-refractivity contribution in [2.24, 2.45) is 5.73 Å². The number of carbonyl (C=O) groups excluding carboxylic acids is 1. The lowest BCUT2D eigenvalue weighted by atomic mass is 9.74. The lowest BCUT2D eigenvalue weighted by Crippen LogP contribution is -2.45. The first-order valence-electron chi connectivity index (χ1n) is 7.73. The summed E-state index contributed by atoms with van der Waals surface area (Å²) in [7, 11) is 0. The van der Waals surface area contributed by atoms with E-state index in [9.17, 15) is 4.79 Å². The molecule has 0 heterocycles. The lowest BCUT2D eigenvalue weighted by Gasteiger charge is -2.34. The molecule has 0 radical (unpaired) electrons. The zero-order chi connectivity index (χ0) is 14.4. The van der Waals surface area contributed by atoms with Crippen LogP contribution in [0.5, 0.6) is 0 Å². The van der Waals surface area contributed by atoms with Gasteiger partial charge in [-0.05, 0) is 25.3 Å². The molecule has 0 unspecified atom stereocenters. The van der Waals surface area contributed by atoms with Crippen molar-refractivity contribution in [3.8, 4) is 0 Å². The summed E-state index contributed by atoms with van der Waals surface area (Å²) < 4.78 is 0. The van der Waals surface area contributed by atoms with Crippen molar-refractivity contribution in [3.05, 3.63) is 35.9 Å². The predicted molar refractivity (Wildman–Crippen MR) is 89.7 cm³/mol. The van der Waals surface area contributed by atoms with Gasteiger partial charge >= 0.3 is 0 Å². The number of nitrogens with one attached hydrogen (secondary N) is 1. The Morgan fingerprint density at radius 1 is 1.19 bits per heavy atom. The number of nitrogens with two attached hydrogens (primary N) is 1. The first-order chi connectivity index (χ1) is 9.64. The fourth-order valence-electron chi connectivity index (χ4n) is 3.18. The van der Waals surface area contributed by atoms with Gasteiger partial charge in [0.2, 0.25) is 5.91 Å². The van der Waals surface area contributed by atoms with Crippen LogP contribution in [0.3, 0.4) is 0 Å². The molecule has 2 rings (SSSR count). The van der Waals surface area contributed by atoms with E-state index in [4.69, 9.17) is 5.73 Å². The molecule has 21 heavy (non-hydrogen) atoms. The molecule has 1 saturated carbocycles. The molecular weight excluding hydrogens is 284 g/mol. The second-order valence-electron chi connectivity index (χ2n) is 6.07. The van der Waals surface area contributed by atoms with Gasteiger partial charge in [0.15, 0.2) is 0 Å². The first-order valence-corrected chi connectivity index (χ1v) is 7.73. The number of halogens is 1. The van der Waals surface area contributed by atoms with Crippen molar-refractivity contribution in [1.29, 1.82) is 0 Å². The predicted octanol–water partition coefficient (Wildman–Crippen LogP) is 3.16. The fourth-order valence-corrected chi connectivity index (χ4v) is 3.18. The maximum Gasteiger partial charge on any atom is 0.236 e. The van der Waals surface area contributed by atoms with Crippen LogP contribution < -0.4 is 11.1 Å². The molecule has 0 saturated heterocycles. The zero-order valence-electron chi connectivity index (χ0n) is 12.8. The van der Waals surface area contributed by atoms with Gasteiger partial charge in [0.25, 0.3) is 0 Å². The highest BCUT2D eigenvalue weighted by Crippen LogP contribution is 2.37. The highest BCUT2D eigenvalue weighted by Gasteiger charge is 2.33. The monoisotopic (exact) mass is 310 g/mol. The van der Waals surface area contributed by atoms with Crippen LogP contribution in [-0.2, 0) is 10.2 Å². The third kappa shape index (κ3) is 4.72. The molecule has 1 aromatic carbocycles. The molecule has 3 N–H and O–H groups in total. The van der Waals surface area contributed by atoms with E-state index in [0.29, 0.717) is 6.54 Å². The van der Waals surface area contributed by atoms with E-state index in [1.165, 1.54) is 31.2 Å². The summed E-state index contributed by atoms with van der Waals surface area (Å²) in [6.45, 7) is 2.44. The van der Waals surface area contributed by atoms with Gasteiger partial charge in [-0.15, -0.1) is 12.4 Å². The smallest absolute Gasteiger partial charge is 0.236 e. The molecule has 118 valence electrons. The topological polar surface area (TPSA) is 55.1 Å². The van der Waals surface area contributed by atoms with Gasteiger partial charge in [-0.3, -0.25) is 4.79 Å². The minimum absolute atomic E-state index is 0. The van der Waals surface area contributed by atoms with Crippen LogP contribution in [0.15, 0.2) is 30.3 Å². The van der Waals surface area contributed by atoms with Gasteiger partial charge in [-0.25, -0.2) is 0 Å². The van der Waals surface area contributed by atoms with Crippen molar-refractivity contribution in [3.63, 3.8) is 0 Å². The van der Waals surface area contributed by atoms with Gasteiger partial charge in [0.05, 0.1) is 6.04 Å².